The maximum atomic E-state index is 12.7. The van der Waals surface area contributed by atoms with E-state index in [-0.39, 0.29) is 17.1 Å². The summed E-state index contributed by atoms with van der Waals surface area (Å²) in [5.74, 6) is 0.0474. The summed E-state index contributed by atoms with van der Waals surface area (Å²) >= 11 is 4.67. The number of rotatable bonds is 4. The molecule has 1 aliphatic rings. The molecule has 3 aromatic rings. The van der Waals surface area contributed by atoms with Gasteiger partial charge in [-0.2, -0.15) is 0 Å². The molecule has 2 amide bonds. The lowest BCUT2D eigenvalue weighted by Crippen LogP contribution is -2.31. The van der Waals surface area contributed by atoms with Crippen molar-refractivity contribution < 1.29 is 9.59 Å². The second-order valence-electron chi connectivity index (χ2n) is 7.96. The Morgan fingerprint density at radius 3 is 2.47 bits per heavy atom. The van der Waals surface area contributed by atoms with Crippen molar-refractivity contribution in [2.45, 2.75) is 27.7 Å². The molecule has 2 aromatic carbocycles. The van der Waals surface area contributed by atoms with Crippen molar-refractivity contribution in [1.82, 2.24) is 9.47 Å². The summed E-state index contributed by atoms with van der Waals surface area (Å²) in [6, 6.07) is 14.5. The Morgan fingerprint density at radius 2 is 1.77 bits per heavy atom. The fraction of sp³-hybridized carbons (Fsp3) is 0.250. The van der Waals surface area contributed by atoms with Gasteiger partial charge >= 0.3 is 0 Å². The highest BCUT2D eigenvalue weighted by Gasteiger charge is 2.35. The predicted molar refractivity (Wildman–Crippen MR) is 128 cm³/mol. The van der Waals surface area contributed by atoms with E-state index in [2.05, 4.69) is 57.8 Å². The van der Waals surface area contributed by atoms with Crippen molar-refractivity contribution in [3.63, 3.8) is 0 Å². The fourth-order valence-corrected chi connectivity index (χ4v) is 5.23. The molecular weight excluding hydrogens is 460 g/mol. The molecule has 1 fully saturated rings. The van der Waals surface area contributed by atoms with Crippen LogP contribution in [-0.4, -0.2) is 27.2 Å². The number of thioether (sulfide) groups is 1. The molecule has 4 nitrogen and oxygen atoms in total. The van der Waals surface area contributed by atoms with E-state index < -0.39 is 0 Å². The third kappa shape index (κ3) is 3.63. The zero-order chi connectivity index (χ0) is 21.6. The number of halogens is 1. The molecule has 0 aliphatic carbocycles. The van der Waals surface area contributed by atoms with Crippen LogP contribution in [-0.2, 0) is 4.79 Å². The van der Waals surface area contributed by atoms with E-state index >= 15 is 0 Å². The number of aryl methyl sites for hydroxylation is 1. The first-order chi connectivity index (χ1) is 14.3. The number of carbonyl (C=O) groups excluding carboxylic acids is 2. The minimum atomic E-state index is -0.197. The van der Waals surface area contributed by atoms with Gasteiger partial charge in [-0.3, -0.25) is 14.5 Å². The van der Waals surface area contributed by atoms with Crippen LogP contribution in [0.1, 0.15) is 30.8 Å². The van der Waals surface area contributed by atoms with Gasteiger partial charge in [0.1, 0.15) is 0 Å². The minimum absolute atomic E-state index is 0.187. The van der Waals surface area contributed by atoms with Crippen LogP contribution < -0.4 is 0 Å². The highest BCUT2D eigenvalue weighted by Crippen LogP contribution is 2.35. The second-order valence-corrected chi connectivity index (χ2v) is 9.81. The molecule has 1 aliphatic heterocycles. The Hall–Kier alpha value is -2.31. The average Bonchev–Trinajstić information content (AvgIpc) is 3.12. The molecule has 0 unspecified atom stereocenters. The minimum Gasteiger partial charge on any atom is -0.317 e. The average molecular weight is 483 g/mol. The Kier molecular flexibility index (Phi) is 5.64. The van der Waals surface area contributed by atoms with Gasteiger partial charge in [-0.1, -0.05) is 54.0 Å². The molecule has 0 bridgehead atoms. The number of aromatic nitrogens is 1. The van der Waals surface area contributed by atoms with Gasteiger partial charge in [0.25, 0.3) is 11.1 Å². The molecule has 1 aromatic heterocycles. The number of hydrogen-bond acceptors (Lipinski definition) is 3. The van der Waals surface area contributed by atoms with E-state index in [9.17, 15) is 9.59 Å². The third-order valence-electron chi connectivity index (χ3n) is 5.27. The highest BCUT2D eigenvalue weighted by atomic mass is 79.9. The van der Waals surface area contributed by atoms with Gasteiger partial charge in [-0.15, -0.1) is 0 Å². The summed E-state index contributed by atoms with van der Waals surface area (Å²) in [6.45, 7) is 8.57. The Bertz CT molecular complexity index is 1210. The molecule has 2 heterocycles. The maximum absolute atomic E-state index is 12.7. The van der Waals surface area contributed by atoms with E-state index in [1.165, 1.54) is 4.90 Å². The number of amides is 2. The molecule has 0 radical (unpaired) electrons. The van der Waals surface area contributed by atoms with Crippen molar-refractivity contribution in [2.75, 3.05) is 6.54 Å². The summed E-state index contributed by atoms with van der Waals surface area (Å²) in [5, 5.41) is 2.11. The van der Waals surface area contributed by atoms with E-state index in [0.717, 1.165) is 49.6 Å². The molecule has 6 heteroatoms. The van der Waals surface area contributed by atoms with Gasteiger partial charge in [0, 0.05) is 27.8 Å². The van der Waals surface area contributed by atoms with Gasteiger partial charge in [-0.25, -0.2) is 0 Å². The van der Waals surface area contributed by atoms with Crippen LogP contribution in [0.2, 0.25) is 0 Å². The van der Waals surface area contributed by atoms with Gasteiger partial charge in [0.05, 0.1) is 10.6 Å². The monoisotopic (exact) mass is 482 g/mol. The first-order valence-corrected chi connectivity index (χ1v) is 11.5. The molecule has 0 atom stereocenters. The molecular formula is C24H23BrN2O2S. The Labute approximate surface area is 189 Å². The lowest BCUT2D eigenvalue weighted by atomic mass is 10.1. The normalized spacial score (nSPS) is 15.9. The van der Waals surface area contributed by atoms with Gasteiger partial charge in [0.2, 0.25) is 0 Å². The van der Waals surface area contributed by atoms with Crippen LogP contribution in [0.25, 0.3) is 22.5 Å². The Morgan fingerprint density at radius 1 is 1.07 bits per heavy atom. The topological polar surface area (TPSA) is 42.3 Å². The summed E-state index contributed by atoms with van der Waals surface area (Å²) in [7, 11) is 0. The lowest BCUT2D eigenvalue weighted by molar-refractivity contribution is -0.123. The quantitative estimate of drug-likeness (QED) is 0.388. The zero-order valence-corrected chi connectivity index (χ0v) is 19.8. The summed E-state index contributed by atoms with van der Waals surface area (Å²) in [6.07, 6.45) is 1.85. The summed E-state index contributed by atoms with van der Waals surface area (Å²) < 4.78 is 3.27. The standard InChI is InChI=1S/C24H23BrN2O2S/c1-14(2)13-26-23(28)22(30-24(26)29)12-17-11-15(3)27(16(17)4)21-10-9-20(25)18-7-5-6-8-19(18)21/h5-12,14H,13H2,1-4H3/b22-12-. The summed E-state index contributed by atoms with van der Waals surface area (Å²) in [4.78, 5) is 26.9. The first kappa shape index (κ1) is 20.9. The van der Waals surface area contributed by atoms with Crippen molar-refractivity contribution in [3.8, 4) is 5.69 Å². The van der Waals surface area contributed by atoms with Crippen LogP contribution in [0.5, 0.6) is 0 Å². The third-order valence-corrected chi connectivity index (χ3v) is 6.87. The molecule has 4 rings (SSSR count). The molecule has 1 saturated heterocycles. The van der Waals surface area contributed by atoms with Crippen molar-refractivity contribution in [3.05, 3.63) is 68.8 Å². The predicted octanol–water partition coefficient (Wildman–Crippen LogP) is 6.70. The molecule has 30 heavy (non-hydrogen) atoms. The highest BCUT2D eigenvalue weighted by molar-refractivity contribution is 9.10. The number of nitrogens with zero attached hydrogens (tertiary/aromatic N) is 2. The van der Waals surface area contributed by atoms with E-state index in [1.807, 2.05) is 39.0 Å². The number of hydrogen-bond donors (Lipinski definition) is 0. The van der Waals surface area contributed by atoms with Crippen LogP contribution in [0.3, 0.4) is 0 Å². The lowest BCUT2D eigenvalue weighted by Gasteiger charge is -2.14. The van der Waals surface area contributed by atoms with Crippen LogP contribution in [0, 0.1) is 19.8 Å². The largest absolute Gasteiger partial charge is 0.317 e. The number of carbonyl (C=O) groups is 2. The van der Waals surface area contributed by atoms with Gasteiger partial charge < -0.3 is 4.57 Å². The zero-order valence-electron chi connectivity index (χ0n) is 17.4. The smallest absolute Gasteiger partial charge is 0.293 e. The van der Waals surface area contributed by atoms with E-state index in [0.29, 0.717) is 11.4 Å². The number of benzene rings is 2. The van der Waals surface area contributed by atoms with Crippen molar-refractivity contribution in [1.29, 1.82) is 0 Å². The van der Waals surface area contributed by atoms with Crippen molar-refractivity contribution >= 4 is 55.7 Å². The summed E-state index contributed by atoms with van der Waals surface area (Å²) in [5.41, 5.74) is 4.16. The van der Waals surface area contributed by atoms with Crippen molar-refractivity contribution in [2.24, 2.45) is 5.92 Å². The van der Waals surface area contributed by atoms with Gasteiger partial charge in [0.15, 0.2) is 0 Å². The van der Waals surface area contributed by atoms with Crippen LogP contribution in [0.4, 0.5) is 4.79 Å². The van der Waals surface area contributed by atoms with E-state index in [1.54, 1.807) is 0 Å². The molecule has 154 valence electrons. The van der Waals surface area contributed by atoms with Crippen LogP contribution in [0.15, 0.2) is 51.8 Å². The SMILES string of the molecule is Cc1cc(/C=C2\SC(=O)N(CC(C)C)C2=O)c(C)n1-c1ccc(Br)c2ccccc12. The van der Waals surface area contributed by atoms with Crippen LogP contribution >= 0.6 is 27.7 Å². The van der Waals surface area contributed by atoms with E-state index in [4.69, 9.17) is 0 Å². The fourth-order valence-electron chi connectivity index (χ4n) is 3.91. The second kappa shape index (κ2) is 8.08. The molecule has 0 N–H and O–H groups in total. The number of fused-ring (bicyclic) bond motifs is 1. The maximum Gasteiger partial charge on any atom is 0.293 e. The molecule has 0 saturated carbocycles. The first-order valence-electron chi connectivity index (χ1n) is 9.90. The number of imide groups is 1. The molecule has 0 spiro atoms. The van der Waals surface area contributed by atoms with Gasteiger partial charge in [-0.05, 0) is 66.8 Å². The Balaban J connectivity index is 1.78.